The zero-order valence-electron chi connectivity index (χ0n) is 71.8. The van der Waals surface area contributed by atoms with Crippen molar-refractivity contribution in [2.24, 2.45) is 50.2 Å². The van der Waals surface area contributed by atoms with Crippen molar-refractivity contribution in [2.45, 2.75) is 403 Å². The topological polar surface area (TPSA) is 689 Å². The maximum atomic E-state index is 15.5. The molecule has 25 N–H and O–H groups in total. The lowest BCUT2D eigenvalue weighted by atomic mass is 9.33. The lowest BCUT2D eigenvalue weighted by Gasteiger charge is -2.71. The fourth-order valence-electron chi connectivity index (χ4n) is 23.0. The molecule has 44 heteroatoms. The second kappa shape index (κ2) is 38.2. The average molecular weight is 1820 g/mol. The van der Waals surface area contributed by atoms with Gasteiger partial charge in [-0.25, -0.2) is 0 Å². The fourth-order valence-corrected chi connectivity index (χ4v) is 23.0. The number of rotatable bonds is 22. The highest BCUT2D eigenvalue weighted by molar-refractivity contribution is 5.79. The van der Waals surface area contributed by atoms with Crippen molar-refractivity contribution in [2.75, 3.05) is 39.6 Å². The van der Waals surface area contributed by atoms with Crippen LogP contribution < -0.4 is 0 Å². The SMILES string of the molecule is CC1OC(OCC2OC(OC3C(CO)OC(OC4COC(OC5C(O)C(C)OC(OC6C(O[C@H]7CC[C@@]8(C)C(CC[C@]9(C)C8CC=C8C%10CC(C)(C)[C@H](O)CC%10(C(=O)OC%10OC(COC%11OC(CO)C(OC%12OC(C)C(O)C(O)C%12O)C(O)C%11O)C(O)C(O)C%10O)CC[C@]89C)C7(C)C)OCC(O)C6O)C5O)C(O)C4O)C(O)C3O)C(O)C(O)C2O)C(O)C(O)C1O. The third-order valence-electron chi connectivity index (χ3n) is 31.3. The molecule has 14 rings (SSSR count). The van der Waals surface area contributed by atoms with Gasteiger partial charge >= 0.3 is 5.97 Å². The molecule has 44 nitrogen and oxygen atoms in total. The summed E-state index contributed by atoms with van der Waals surface area (Å²) in [5, 5.41) is 276. The molecule has 52 atom stereocenters. The van der Waals surface area contributed by atoms with E-state index in [1.54, 1.807) is 0 Å². The van der Waals surface area contributed by atoms with E-state index in [-0.39, 0.29) is 30.1 Å². The van der Waals surface area contributed by atoms with Crippen LogP contribution in [0.1, 0.15) is 127 Å². The van der Waals surface area contributed by atoms with E-state index >= 15 is 4.79 Å². The molecule has 9 saturated heterocycles. The first-order valence-corrected chi connectivity index (χ1v) is 43.9. The predicted octanol–water partition coefficient (Wildman–Crippen LogP) is -9.58. The van der Waals surface area contributed by atoms with Crippen LogP contribution in [0.15, 0.2) is 11.6 Å². The van der Waals surface area contributed by atoms with Crippen LogP contribution in [0, 0.1) is 50.2 Å². The Kier molecular flexibility index (Phi) is 30.2. The molecule has 5 aliphatic carbocycles. The number of hydrogen-bond donors (Lipinski definition) is 25. The van der Waals surface area contributed by atoms with Gasteiger partial charge in [-0.1, -0.05) is 60.1 Å². The Hall–Kier alpha value is -2.47. The molecule has 0 bridgehead atoms. The number of esters is 1. The number of allylic oxidation sites excluding steroid dienone is 2. The molecule has 0 radical (unpaired) electrons. The summed E-state index contributed by atoms with van der Waals surface area (Å²) in [4.78, 5) is 15.5. The Balaban J connectivity index is 0.595. The highest BCUT2D eigenvalue weighted by Crippen LogP contribution is 2.76. The number of carbonyl (C=O) groups is 1. The van der Waals surface area contributed by atoms with Gasteiger partial charge in [0.2, 0.25) is 6.29 Å². The van der Waals surface area contributed by atoms with Gasteiger partial charge in [0, 0.05) is 0 Å². The number of ether oxygens (including phenoxy) is 18. The van der Waals surface area contributed by atoms with Gasteiger partial charge in [-0.2, -0.15) is 0 Å². The molecule has 9 aliphatic heterocycles. The summed E-state index contributed by atoms with van der Waals surface area (Å²) in [5.41, 5.74) is -2.99. The molecule has 47 unspecified atom stereocenters. The summed E-state index contributed by atoms with van der Waals surface area (Å²) in [6, 6.07) is 0. The zero-order valence-corrected chi connectivity index (χ0v) is 71.8. The molecule has 126 heavy (non-hydrogen) atoms. The maximum Gasteiger partial charge on any atom is 0.315 e. The summed E-state index contributed by atoms with van der Waals surface area (Å²) in [6.45, 7) is 14.9. The Morgan fingerprint density at radius 3 is 1.43 bits per heavy atom. The van der Waals surface area contributed by atoms with E-state index in [4.69, 9.17) is 85.3 Å². The standard InChI is InChI=1S/C82H134O44/c1-27-42(87)49(94)56(101)67(113-27)110-24-35-46(91)51(96)58(103)72(119-35)123-64-34(22-84)117-71(61(106)54(64)99)118-37-26-112-69(55(100)48(37)93)124-65-44(89)29(3)115-74(62(65)107)125-66-45(90)32(85)23-109-75(66)121-41-14-15-79(8)38(78(41,6)7)13-16-81(10)39(79)12-11-30-31-19-77(4,5)40(86)20-82(31,18-17-80(30,81)9)76(108)126-73-59(104)52(97)47(92)36(120-73)25-111-68-60(105)53(98)63(33(21-83)116-68)122-70-57(102)50(95)43(88)28(2)114-70/h11,27-29,31-75,83-107H,12-26H2,1-10H3/t27?,28?,29?,31?,32?,33?,34?,35?,36?,37?,38?,39?,40-,41+,42?,43?,44?,45?,46?,47?,48?,49?,50?,51?,52?,53?,54?,55?,56?,57?,58?,59?,60?,61?,62?,63?,64?,65?,66?,67?,68?,69?,70?,71?,72?,73?,74?,75?,79+,80-,81-,82?/m1/s1. The van der Waals surface area contributed by atoms with Gasteiger partial charge in [0.15, 0.2) is 50.3 Å². The van der Waals surface area contributed by atoms with Gasteiger partial charge in [0.1, 0.15) is 189 Å². The van der Waals surface area contributed by atoms with Crippen LogP contribution in [0.3, 0.4) is 0 Å². The van der Waals surface area contributed by atoms with Crippen molar-refractivity contribution in [3.63, 3.8) is 0 Å². The summed E-state index contributed by atoms with van der Waals surface area (Å²) >= 11 is 0. The minimum Gasteiger partial charge on any atom is -0.432 e. The molecule has 9 heterocycles. The van der Waals surface area contributed by atoms with E-state index in [0.29, 0.717) is 38.5 Å². The summed E-state index contributed by atoms with van der Waals surface area (Å²) in [6.07, 6.45) is -69.5. The van der Waals surface area contributed by atoms with Gasteiger partial charge in [-0.3, -0.25) is 4.79 Å². The van der Waals surface area contributed by atoms with Crippen molar-refractivity contribution >= 4 is 5.97 Å². The van der Waals surface area contributed by atoms with Crippen molar-refractivity contribution in [1.82, 2.24) is 0 Å². The fraction of sp³-hybridized carbons (Fsp3) is 0.963. The van der Waals surface area contributed by atoms with Crippen molar-refractivity contribution in [3.8, 4) is 0 Å². The smallest absolute Gasteiger partial charge is 0.315 e. The van der Waals surface area contributed by atoms with Crippen molar-refractivity contribution in [3.05, 3.63) is 11.6 Å². The molecule has 726 valence electrons. The maximum absolute atomic E-state index is 15.5. The summed E-state index contributed by atoms with van der Waals surface area (Å²) < 4.78 is 106. The van der Waals surface area contributed by atoms with Gasteiger partial charge in [-0.05, 0) is 123 Å². The molecule has 0 aromatic rings. The van der Waals surface area contributed by atoms with Gasteiger partial charge < -0.3 is 213 Å². The Morgan fingerprint density at radius 1 is 0.389 bits per heavy atom. The first kappa shape index (κ1) is 99.5. The largest absolute Gasteiger partial charge is 0.432 e. The molecule has 14 aliphatic rings. The molecule has 13 fully saturated rings. The van der Waals surface area contributed by atoms with Gasteiger partial charge in [-0.15, -0.1) is 0 Å². The zero-order chi connectivity index (χ0) is 91.9. The van der Waals surface area contributed by atoms with Gasteiger partial charge in [0.25, 0.3) is 0 Å². The number of carbonyl (C=O) groups excluding carboxylic acids is 1. The van der Waals surface area contributed by atoms with E-state index in [1.807, 2.05) is 13.8 Å². The van der Waals surface area contributed by atoms with Crippen LogP contribution in [-0.4, -0.2) is 450 Å². The first-order valence-electron chi connectivity index (χ1n) is 43.9. The van der Waals surface area contributed by atoms with E-state index in [2.05, 4.69) is 40.7 Å². The second-order valence-electron chi connectivity index (χ2n) is 39.5. The molecule has 4 saturated carbocycles. The van der Waals surface area contributed by atoms with Crippen LogP contribution in [0.2, 0.25) is 0 Å². The van der Waals surface area contributed by atoms with E-state index in [0.717, 1.165) is 12.0 Å². The lowest BCUT2D eigenvalue weighted by molar-refractivity contribution is -0.387. The number of aliphatic hydroxyl groups is 25. The monoisotopic (exact) mass is 1820 g/mol. The van der Waals surface area contributed by atoms with E-state index < -0.39 is 355 Å². The van der Waals surface area contributed by atoms with Crippen LogP contribution >= 0.6 is 0 Å². The minimum absolute atomic E-state index is 0.0101. The third-order valence-corrected chi connectivity index (χ3v) is 31.3. The second-order valence-corrected chi connectivity index (χ2v) is 39.5. The predicted molar refractivity (Wildman–Crippen MR) is 411 cm³/mol. The third kappa shape index (κ3) is 17.8. The van der Waals surface area contributed by atoms with E-state index in [1.165, 1.54) is 20.8 Å². The highest BCUT2D eigenvalue weighted by atomic mass is 16.8. The molecule has 0 spiro atoms. The van der Waals surface area contributed by atoms with Gasteiger partial charge in [0.05, 0.1) is 75.6 Å². The Bertz CT molecular complexity index is 3650. The lowest BCUT2D eigenvalue weighted by Crippen LogP contribution is -2.67. The number of aliphatic hydroxyl groups excluding tert-OH is 25. The number of hydrogen-bond acceptors (Lipinski definition) is 44. The molecule has 0 amide bonds. The molecular formula is C82H134O44. The Morgan fingerprint density at radius 2 is 0.841 bits per heavy atom. The van der Waals surface area contributed by atoms with Crippen LogP contribution in [0.5, 0.6) is 0 Å². The van der Waals surface area contributed by atoms with Crippen molar-refractivity contribution < 1.29 is 218 Å². The molecular weight excluding hydrogens is 1690 g/mol. The highest BCUT2D eigenvalue weighted by Gasteiger charge is 2.72. The average Bonchev–Trinajstić information content (AvgIpc) is 0.671. The van der Waals surface area contributed by atoms with Crippen LogP contribution in [0.4, 0.5) is 0 Å². The van der Waals surface area contributed by atoms with E-state index in [9.17, 15) is 128 Å². The molecule has 0 aromatic heterocycles. The normalized spacial score (nSPS) is 55.2. The molecule has 0 aromatic carbocycles. The summed E-state index contributed by atoms with van der Waals surface area (Å²) in [5.74, 6) is -1.28. The first-order chi connectivity index (χ1) is 59.1. The summed E-state index contributed by atoms with van der Waals surface area (Å²) in [7, 11) is 0. The number of fused-ring (bicyclic) bond motifs is 7. The minimum atomic E-state index is -2.10. The van der Waals surface area contributed by atoms with Crippen LogP contribution in [0.25, 0.3) is 0 Å². The Labute approximate surface area is 726 Å². The van der Waals surface area contributed by atoms with Crippen LogP contribution in [-0.2, 0) is 90.1 Å². The quantitative estimate of drug-likeness (QED) is 0.0272. The van der Waals surface area contributed by atoms with Crippen molar-refractivity contribution in [1.29, 1.82) is 0 Å².